The molecule has 0 fully saturated rings. The number of rotatable bonds is 6. The smallest absolute Gasteiger partial charge is 0.243 e. The molecule has 0 heterocycles. The lowest BCUT2D eigenvalue weighted by atomic mass is 10.5. The van der Waals surface area contributed by atoms with E-state index in [9.17, 15) is 4.79 Å². The molecule has 66 valence electrons. The average molecular weight is 161 g/mol. The predicted octanol–water partition coefficient (Wildman–Crippen LogP) is -0.0867. The number of carbonyl (C=O) groups excluding carboxylic acids is 1. The molecule has 1 amide bonds. The molecule has 11 heavy (non-hydrogen) atoms. The molecule has 2 N–H and O–H groups in total. The van der Waals surface area contributed by atoms with Crippen molar-refractivity contribution >= 4 is 5.91 Å². The maximum absolute atomic E-state index is 10.2. The number of hydrogen-bond acceptors (Lipinski definition) is 3. The summed E-state index contributed by atoms with van der Waals surface area (Å²) in [5.74, 6) is -0.449. The van der Waals surface area contributed by atoms with Crippen molar-refractivity contribution in [2.75, 3.05) is 19.8 Å². The highest BCUT2D eigenvalue weighted by Gasteiger charge is 1.95. The number of amides is 1. The Kier molecular flexibility index (Phi) is 5.78. The molecule has 4 heteroatoms. The van der Waals surface area contributed by atoms with Gasteiger partial charge in [-0.3, -0.25) is 4.79 Å². The van der Waals surface area contributed by atoms with Crippen LogP contribution in [0, 0.1) is 0 Å². The zero-order chi connectivity index (χ0) is 8.69. The monoisotopic (exact) mass is 161 g/mol. The SMILES string of the molecule is CC(C)OCCOCC(N)=O. The molecule has 0 aromatic heterocycles. The predicted molar refractivity (Wildman–Crippen MR) is 41.1 cm³/mol. The first kappa shape index (κ1) is 10.4. The number of primary amides is 1. The Morgan fingerprint density at radius 3 is 2.55 bits per heavy atom. The first-order valence-corrected chi connectivity index (χ1v) is 3.60. The molecule has 0 aromatic rings. The van der Waals surface area contributed by atoms with E-state index in [4.69, 9.17) is 15.2 Å². The van der Waals surface area contributed by atoms with Crippen molar-refractivity contribution in [3.05, 3.63) is 0 Å². The van der Waals surface area contributed by atoms with Crippen LogP contribution in [0.25, 0.3) is 0 Å². The summed E-state index contributed by atoms with van der Waals surface area (Å²) in [6, 6.07) is 0. The second kappa shape index (κ2) is 6.12. The number of hydrogen-bond donors (Lipinski definition) is 1. The lowest BCUT2D eigenvalue weighted by molar-refractivity contribution is -0.123. The summed E-state index contributed by atoms with van der Waals surface area (Å²) in [5, 5.41) is 0. The van der Waals surface area contributed by atoms with Crippen LogP contribution in [0.1, 0.15) is 13.8 Å². The Bertz CT molecular complexity index is 114. The molecular formula is C7H15NO3. The van der Waals surface area contributed by atoms with E-state index in [1.165, 1.54) is 0 Å². The maximum atomic E-state index is 10.2. The van der Waals surface area contributed by atoms with Crippen molar-refractivity contribution < 1.29 is 14.3 Å². The topological polar surface area (TPSA) is 61.6 Å². The van der Waals surface area contributed by atoms with Crippen molar-refractivity contribution in [1.82, 2.24) is 0 Å². The Hall–Kier alpha value is -0.610. The van der Waals surface area contributed by atoms with Gasteiger partial charge in [-0.25, -0.2) is 0 Å². The summed E-state index contributed by atoms with van der Waals surface area (Å²) >= 11 is 0. The molecule has 0 atom stereocenters. The van der Waals surface area contributed by atoms with Gasteiger partial charge in [0, 0.05) is 0 Å². The molecule has 0 bridgehead atoms. The second-order valence-corrected chi connectivity index (χ2v) is 2.44. The Balaban J connectivity index is 2.97. The van der Waals surface area contributed by atoms with E-state index in [0.717, 1.165) is 0 Å². The van der Waals surface area contributed by atoms with Gasteiger partial charge < -0.3 is 15.2 Å². The maximum Gasteiger partial charge on any atom is 0.243 e. The third kappa shape index (κ3) is 9.39. The molecule has 0 rings (SSSR count). The van der Waals surface area contributed by atoms with Gasteiger partial charge in [0.25, 0.3) is 0 Å². The van der Waals surface area contributed by atoms with Crippen molar-refractivity contribution in [2.45, 2.75) is 20.0 Å². The first-order valence-electron chi connectivity index (χ1n) is 3.60. The Morgan fingerprint density at radius 1 is 1.45 bits per heavy atom. The van der Waals surface area contributed by atoms with E-state index in [1.54, 1.807) is 0 Å². The van der Waals surface area contributed by atoms with Gasteiger partial charge in [-0.1, -0.05) is 0 Å². The summed E-state index contributed by atoms with van der Waals surface area (Å²) in [6.45, 7) is 4.77. The Labute approximate surface area is 66.7 Å². The van der Waals surface area contributed by atoms with Gasteiger partial charge in [-0.15, -0.1) is 0 Å². The van der Waals surface area contributed by atoms with E-state index in [2.05, 4.69) is 0 Å². The van der Waals surface area contributed by atoms with Gasteiger partial charge in [-0.2, -0.15) is 0 Å². The van der Waals surface area contributed by atoms with E-state index in [0.29, 0.717) is 13.2 Å². The summed E-state index contributed by atoms with van der Waals surface area (Å²) in [6.07, 6.45) is 0.201. The highest BCUT2D eigenvalue weighted by molar-refractivity contribution is 5.74. The van der Waals surface area contributed by atoms with Crippen LogP contribution in [0.5, 0.6) is 0 Å². The van der Waals surface area contributed by atoms with Crippen LogP contribution in [-0.4, -0.2) is 31.8 Å². The molecular weight excluding hydrogens is 146 g/mol. The third-order valence-corrected chi connectivity index (χ3v) is 0.923. The first-order chi connectivity index (χ1) is 5.13. The fourth-order valence-electron chi connectivity index (χ4n) is 0.516. The minimum atomic E-state index is -0.449. The second-order valence-electron chi connectivity index (χ2n) is 2.44. The van der Waals surface area contributed by atoms with Crippen LogP contribution >= 0.6 is 0 Å². The lowest BCUT2D eigenvalue weighted by Gasteiger charge is -2.06. The summed E-state index contributed by atoms with van der Waals surface area (Å²) in [7, 11) is 0. The molecule has 0 aliphatic rings. The lowest BCUT2D eigenvalue weighted by Crippen LogP contribution is -2.20. The number of ether oxygens (including phenoxy) is 2. The van der Waals surface area contributed by atoms with Crippen molar-refractivity contribution in [3.63, 3.8) is 0 Å². The van der Waals surface area contributed by atoms with Crippen molar-refractivity contribution in [2.24, 2.45) is 5.73 Å². The van der Waals surface area contributed by atoms with E-state index in [1.807, 2.05) is 13.8 Å². The number of nitrogens with two attached hydrogens (primary N) is 1. The van der Waals surface area contributed by atoms with Gasteiger partial charge in [0.2, 0.25) is 5.91 Å². The minimum absolute atomic E-state index is 0.0263. The molecule has 0 spiro atoms. The van der Waals surface area contributed by atoms with Gasteiger partial charge in [0.05, 0.1) is 19.3 Å². The molecule has 0 unspecified atom stereocenters. The molecule has 0 aliphatic carbocycles. The largest absolute Gasteiger partial charge is 0.376 e. The number of carbonyl (C=O) groups is 1. The Morgan fingerprint density at radius 2 is 2.09 bits per heavy atom. The van der Waals surface area contributed by atoms with Crippen LogP contribution in [-0.2, 0) is 14.3 Å². The standard InChI is InChI=1S/C7H15NO3/c1-6(2)11-4-3-10-5-7(8)9/h6H,3-5H2,1-2H3,(H2,8,9). The highest BCUT2D eigenvalue weighted by Crippen LogP contribution is 1.86. The van der Waals surface area contributed by atoms with Crippen LogP contribution < -0.4 is 5.73 Å². The zero-order valence-electron chi connectivity index (χ0n) is 7.00. The fourth-order valence-corrected chi connectivity index (χ4v) is 0.516. The molecule has 0 aliphatic heterocycles. The molecule has 0 radical (unpaired) electrons. The van der Waals surface area contributed by atoms with E-state index < -0.39 is 5.91 Å². The zero-order valence-corrected chi connectivity index (χ0v) is 7.00. The van der Waals surface area contributed by atoms with Crippen LogP contribution in [0.2, 0.25) is 0 Å². The average Bonchev–Trinajstić information content (AvgIpc) is 1.85. The fraction of sp³-hybridized carbons (Fsp3) is 0.857. The van der Waals surface area contributed by atoms with Crippen LogP contribution in [0.15, 0.2) is 0 Å². The highest BCUT2D eigenvalue weighted by atomic mass is 16.5. The van der Waals surface area contributed by atoms with Gasteiger partial charge in [0.1, 0.15) is 6.61 Å². The van der Waals surface area contributed by atoms with E-state index >= 15 is 0 Å². The normalized spacial score (nSPS) is 10.5. The van der Waals surface area contributed by atoms with E-state index in [-0.39, 0.29) is 12.7 Å². The van der Waals surface area contributed by atoms with Crippen LogP contribution in [0.3, 0.4) is 0 Å². The van der Waals surface area contributed by atoms with Gasteiger partial charge in [0.15, 0.2) is 0 Å². The van der Waals surface area contributed by atoms with Gasteiger partial charge in [-0.05, 0) is 13.8 Å². The molecule has 0 aromatic carbocycles. The third-order valence-electron chi connectivity index (χ3n) is 0.923. The minimum Gasteiger partial charge on any atom is -0.376 e. The van der Waals surface area contributed by atoms with Crippen molar-refractivity contribution in [3.8, 4) is 0 Å². The van der Waals surface area contributed by atoms with Crippen molar-refractivity contribution in [1.29, 1.82) is 0 Å². The molecule has 4 nitrogen and oxygen atoms in total. The molecule has 0 saturated carbocycles. The summed E-state index contributed by atoms with van der Waals surface area (Å²) < 4.78 is 9.99. The quantitative estimate of drug-likeness (QED) is 0.554. The van der Waals surface area contributed by atoms with Crippen LogP contribution in [0.4, 0.5) is 0 Å². The summed E-state index contributed by atoms with van der Waals surface area (Å²) in [5.41, 5.74) is 4.83. The van der Waals surface area contributed by atoms with Gasteiger partial charge >= 0.3 is 0 Å². The molecule has 0 saturated heterocycles. The summed E-state index contributed by atoms with van der Waals surface area (Å²) in [4.78, 5) is 10.2.